The molecule has 2 aliphatic heterocycles. The molecule has 1 unspecified atom stereocenters. The summed E-state index contributed by atoms with van der Waals surface area (Å²) in [5.74, 6) is 1.27. The molecule has 3 nitrogen and oxygen atoms in total. The van der Waals surface area contributed by atoms with Crippen molar-refractivity contribution in [3.63, 3.8) is 0 Å². The zero-order valence-corrected chi connectivity index (χ0v) is 12.4. The van der Waals surface area contributed by atoms with Crippen LogP contribution in [0.4, 0.5) is 0 Å². The zero-order chi connectivity index (χ0) is 13.0. The molecule has 0 aromatic heterocycles. The number of hydrogen-bond acceptors (Lipinski definition) is 3. The molecule has 0 aliphatic carbocycles. The van der Waals surface area contributed by atoms with Gasteiger partial charge in [0.2, 0.25) is 0 Å². The first kappa shape index (κ1) is 14.2. The Morgan fingerprint density at radius 3 is 2.33 bits per heavy atom. The number of rotatable bonds is 5. The lowest BCUT2D eigenvalue weighted by atomic mass is 9.95. The topological polar surface area (TPSA) is 32.5 Å². The van der Waals surface area contributed by atoms with Crippen molar-refractivity contribution in [3.8, 4) is 0 Å². The Morgan fingerprint density at radius 1 is 1.17 bits per heavy atom. The second-order valence-corrected chi connectivity index (χ2v) is 6.53. The molecule has 2 saturated heterocycles. The van der Waals surface area contributed by atoms with Gasteiger partial charge in [-0.1, -0.05) is 19.1 Å². The molecule has 0 aromatic carbocycles. The van der Waals surface area contributed by atoms with Gasteiger partial charge in [-0.15, -0.1) is 0 Å². The molecule has 104 valence electrons. The minimum atomic E-state index is 0.357. The van der Waals surface area contributed by atoms with Crippen LogP contribution in [0.2, 0.25) is 0 Å². The minimum absolute atomic E-state index is 0.357. The van der Waals surface area contributed by atoms with Crippen LogP contribution in [0.25, 0.3) is 0 Å². The van der Waals surface area contributed by atoms with E-state index in [0.717, 1.165) is 12.5 Å². The van der Waals surface area contributed by atoms with Gasteiger partial charge >= 0.3 is 0 Å². The molecular formula is C14H27N3S. The third kappa shape index (κ3) is 4.18. The summed E-state index contributed by atoms with van der Waals surface area (Å²) in [6, 6.07) is 0. The number of nitrogens with two attached hydrogens (primary N) is 1. The van der Waals surface area contributed by atoms with Crippen LogP contribution >= 0.6 is 12.2 Å². The first-order valence-electron chi connectivity index (χ1n) is 7.39. The molecular weight excluding hydrogens is 242 g/mol. The molecule has 0 spiro atoms. The first-order chi connectivity index (χ1) is 8.65. The van der Waals surface area contributed by atoms with Crippen molar-refractivity contribution in [3.05, 3.63) is 0 Å². The van der Waals surface area contributed by atoms with Crippen molar-refractivity contribution < 1.29 is 0 Å². The summed E-state index contributed by atoms with van der Waals surface area (Å²) < 4.78 is 0. The average Bonchev–Trinajstić information content (AvgIpc) is 2.84. The van der Waals surface area contributed by atoms with Crippen molar-refractivity contribution in [1.82, 2.24) is 9.80 Å². The van der Waals surface area contributed by atoms with Crippen LogP contribution in [0.3, 0.4) is 0 Å². The Balaban J connectivity index is 1.66. The van der Waals surface area contributed by atoms with Crippen LogP contribution in [0.5, 0.6) is 0 Å². The van der Waals surface area contributed by atoms with Gasteiger partial charge in [0.25, 0.3) is 0 Å². The third-order valence-corrected chi connectivity index (χ3v) is 4.84. The van der Waals surface area contributed by atoms with Crippen LogP contribution in [0, 0.1) is 11.8 Å². The van der Waals surface area contributed by atoms with E-state index in [1.165, 1.54) is 58.4 Å². The fourth-order valence-electron chi connectivity index (χ4n) is 3.16. The predicted molar refractivity (Wildman–Crippen MR) is 80.8 cm³/mol. The van der Waals surface area contributed by atoms with Crippen LogP contribution in [-0.4, -0.2) is 54.1 Å². The number of hydrogen-bond donors (Lipinski definition) is 1. The monoisotopic (exact) mass is 269 g/mol. The van der Waals surface area contributed by atoms with E-state index in [1.54, 1.807) is 0 Å². The highest BCUT2D eigenvalue weighted by molar-refractivity contribution is 7.80. The van der Waals surface area contributed by atoms with Gasteiger partial charge in [0.05, 0.1) is 4.99 Å². The Kier molecular flexibility index (Phi) is 5.39. The molecule has 1 atom stereocenters. The Bertz CT molecular complexity index is 268. The Hall–Kier alpha value is -0.190. The molecule has 2 fully saturated rings. The maximum Gasteiger partial charge on any atom is 0.0768 e. The van der Waals surface area contributed by atoms with Gasteiger partial charge in [-0.2, -0.15) is 0 Å². The van der Waals surface area contributed by atoms with E-state index in [0.29, 0.717) is 10.9 Å². The highest BCUT2D eigenvalue weighted by atomic mass is 32.1. The van der Waals surface area contributed by atoms with Crippen LogP contribution in [0.15, 0.2) is 0 Å². The maximum atomic E-state index is 5.69. The summed E-state index contributed by atoms with van der Waals surface area (Å²) in [4.78, 5) is 5.84. The van der Waals surface area contributed by atoms with E-state index in [4.69, 9.17) is 18.0 Å². The summed E-state index contributed by atoms with van der Waals surface area (Å²) >= 11 is 5.05. The maximum absolute atomic E-state index is 5.69. The number of thiocarbonyl (C=S) groups is 1. The molecule has 0 radical (unpaired) electrons. The van der Waals surface area contributed by atoms with Crippen molar-refractivity contribution in [2.24, 2.45) is 17.6 Å². The molecule has 0 bridgehead atoms. The molecule has 4 heteroatoms. The van der Waals surface area contributed by atoms with Gasteiger partial charge in [-0.3, -0.25) is 0 Å². The first-order valence-corrected chi connectivity index (χ1v) is 7.80. The largest absolute Gasteiger partial charge is 0.393 e. The summed E-state index contributed by atoms with van der Waals surface area (Å²) in [5.41, 5.74) is 5.69. The lowest BCUT2D eigenvalue weighted by molar-refractivity contribution is 0.148. The lowest BCUT2D eigenvalue weighted by Gasteiger charge is -2.34. The molecule has 0 aromatic rings. The van der Waals surface area contributed by atoms with Gasteiger partial charge in [0.15, 0.2) is 0 Å². The molecule has 2 aliphatic rings. The van der Waals surface area contributed by atoms with Crippen LogP contribution in [-0.2, 0) is 0 Å². The minimum Gasteiger partial charge on any atom is -0.393 e. The summed E-state index contributed by atoms with van der Waals surface area (Å²) in [5, 5.41) is 0. The fraction of sp³-hybridized carbons (Fsp3) is 0.929. The van der Waals surface area contributed by atoms with E-state index in [9.17, 15) is 0 Å². The van der Waals surface area contributed by atoms with Crippen LogP contribution in [0.1, 0.15) is 32.6 Å². The molecule has 2 rings (SSSR count). The van der Waals surface area contributed by atoms with Gasteiger partial charge in [-0.05, 0) is 57.8 Å². The van der Waals surface area contributed by atoms with E-state index >= 15 is 0 Å². The predicted octanol–water partition coefficient (Wildman–Crippen LogP) is 1.72. The molecule has 2 N–H and O–H groups in total. The van der Waals surface area contributed by atoms with Gasteiger partial charge in [0.1, 0.15) is 0 Å². The zero-order valence-electron chi connectivity index (χ0n) is 11.6. The molecule has 0 amide bonds. The highest BCUT2D eigenvalue weighted by Gasteiger charge is 2.23. The van der Waals surface area contributed by atoms with Crippen molar-refractivity contribution in [2.45, 2.75) is 32.6 Å². The number of likely N-dealkylation sites (tertiary alicyclic amines) is 2. The second-order valence-electron chi connectivity index (χ2n) is 6.06. The van der Waals surface area contributed by atoms with Gasteiger partial charge < -0.3 is 15.5 Å². The average molecular weight is 269 g/mol. The SMILES string of the molecule is CC(CN1CCC(CN2CCCC2)CC1)C(N)=S. The molecule has 0 saturated carbocycles. The van der Waals surface area contributed by atoms with Gasteiger partial charge in [-0.25, -0.2) is 0 Å². The molecule has 2 heterocycles. The third-order valence-electron chi connectivity index (χ3n) is 4.44. The number of nitrogens with zero attached hydrogens (tertiary/aromatic N) is 2. The van der Waals surface area contributed by atoms with Crippen molar-refractivity contribution in [2.75, 3.05) is 39.3 Å². The highest BCUT2D eigenvalue weighted by Crippen LogP contribution is 2.21. The Labute approximate surface area is 117 Å². The van der Waals surface area contributed by atoms with E-state index in [1.807, 2.05) is 0 Å². The van der Waals surface area contributed by atoms with E-state index in [-0.39, 0.29) is 0 Å². The Morgan fingerprint density at radius 2 is 1.78 bits per heavy atom. The summed E-state index contributed by atoms with van der Waals surface area (Å²) in [7, 11) is 0. The van der Waals surface area contributed by atoms with Gasteiger partial charge in [0, 0.05) is 19.0 Å². The fourth-order valence-corrected chi connectivity index (χ4v) is 3.23. The smallest absolute Gasteiger partial charge is 0.0768 e. The van der Waals surface area contributed by atoms with Crippen molar-refractivity contribution >= 4 is 17.2 Å². The lowest BCUT2D eigenvalue weighted by Crippen LogP contribution is -2.41. The second kappa shape index (κ2) is 6.83. The van der Waals surface area contributed by atoms with E-state index in [2.05, 4.69) is 16.7 Å². The molecule has 18 heavy (non-hydrogen) atoms. The quantitative estimate of drug-likeness (QED) is 0.770. The normalized spacial score (nSPS) is 25.4. The van der Waals surface area contributed by atoms with Crippen LogP contribution < -0.4 is 5.73 Å². The standard InChI is InChI=1S/C14H27N3S/c1-12(14(15)18)10-17-8-4-13(5-9-17)11-16-6-2-3-7-16/h12-13H,2-11H2,1H3,(H2,15,18). The van der Waals surface area contributed by atoms with E-state index < -0.39 is 0 Å². The summed E-state index contributed by atoms with van der Waals surface area (Å²) in [6.07, 6.45) is 5.51. The summed E-state index contributed by atoms with van der Waals surface area (Å²) in [6.45, 7) is 9.64. The number of piperidine rings is 1. The van der Waals surface area contributed by atoms with Crippen molar-refractivity contribution in [1.29, 1.82) is 0 Å².